The Morgan fingerprint density at radius 3 is 2.63 bits per heavy atom. The Morgan fingerprint density at radius 1 is 1.37 bits per heavy atom. The number of alkyl halides is 3. The zero-order valence-electron chi connectivity index (χ0n) is 9.85. The molecule has 3 nitrogen and oxygen atoms in total. The Morgan fingerprint density at radius 2 is 2.05 bits per heavy atom. The van der Waals surface area contributed by atoms with Gasteiger partial charge >= 0.3 is 6.18 Å². The minimum absolute atomic E-state index is 0.0452. The summed E-state index contributed by atoms with van der Waals surface area (Å²) in [5.74, 6) is -0.216. The normalized spacial score (nSPS) is 15.2. The first-order valence-corrected chi connectivity index (χ1v) is 6.55. The summed E-state index contributed by atoms with van der Waals surface area (Å²) in [6.45, 7) is -0.0452. The molecular formula is C12H12BrF3N2O. The van der Waals surface area contributed by atoms with Crippen molar-refractivity contribution in [3.05, 3.63) is 28.2 Å². The fourth-order valence-corrected chi connectivity index (χ4v) is 1.91. The quantitative estimate of drug-likeness (QED) is 0.886. The van der Waals surface area contributed by atoms with Crippen molar-refractivity contribution in [2.75, 3.05) is 11.9 Å². The van der Waals surface area contributed by atoms with Gasteiger partial charge < -0.3 is 10.6 Å². The standard InChI is InChI=1S/C12H12BrF3N2O/c13-9-4-1-7(12(14,15)16)5-10(9)17-6-11(19)18-8-2-3-8/h1,4-5,8,17H,2-3,6H2,(H,18,19). The number of carbonyl (C=O) groups excluding carboxylic acids is 1. The fourth-order valence-electron chi connectivity index (χ4n) is 1.52. The first kappa shape index (κ1) is 14.2. The summed E-state index contributed by atoms with van der Waals surface area (Å²) in [5, 5.41) is 5.45. The summed E-state index contributed by atoms with van der Waals surface area (Å²) in [4.78, 5) is 11.4. The number of hydrogen-bond donors (Lipinski definition) is 2. The van der Waals surface area contributed by atoms with Gasteiger partial charge in [0.25, 0.3) is 0 Å². The first-order valence-electron chi connectivity index (χ1n) is 5.76. The van der Waals surface area contributed by atoms with Crippen LogP contribution in [0.4, 0.5) is 18.9 Å². The second kappa shape index (κ2) is 5.40. The van der Waals surface area contributed by atoms with E-state index < -0.39 is 11.7 Å². The second-order valence-corrected chi connectivity index (χ2v) is 5.24. The summed E-state index contributed by atoms with van der Waals surface area (Å²) in [6.07, 6.45) is -2.45. The van der Waals surface area contributed by atoms with Crippen LogP contribution < -0.4 is 10.6 Å². The number of amides is 1. The van der Waals surface area contributed by atoms with Crippen molar-refractivity contribution < 1.29 is 18.0 Å². The molecule has 1 saturated carbocycles. The molecule has 19 heavy (non-hydrogen) atoms. The van der Waals surface area contributed by atoms with Crippen LogP contribution in [0.5, 0.6) is 0 Å². The van der Waals surface area contributed by atoms with E-state index in [2.05, 4.69) is 26.6 Å². The minimum atomic E-state index is -4.40. The van der Waals surface area contributed by atoms with Gasteiger partial charge in [0.15, 0.2) is 0 Å². The zero-order valence-corrected chi connectivity index (χ0v) is 11.4. The molecule has 0 radical (unpaired) electrons. The highest BCUT2D eigenvalue weighted by Crippen LogP contribution is 2.33. The molecule has 1 fully saturated rings. The van der Waals surface area contributed by atoms with Crippen molar-refractivity contribution in [1.82, 2.24) is 5.32 Å². The van der Waals surface area contributed by atoms with Crippen molar-refractivity contribution in [2.24, 2.45) is 0 Å². The Balaban J connectivity index is 2.00. The topological polar surface area (TPSA) is 41.1 Å². The number of nitrogens with one attached hydrogen (secondary N) is 2. The van der Waals surface area contributed by atoms with Crippen LogP contribution in [0.3, 0.4) is 0 Å². The third kappa shape index (κ3) is 4.12. The maximum absolute atomic E-state index is 12.6. The maximum Gasteiger partial charge on any atom is 0.416 e. The average molecular weight is 337 g/mol. The van der Waals surface area contributed by atoms with E-state index in [9.17, 15) is 18.0 Å². The molecule has 0 saturated heterocycles. The molecule has 1 aliphatic carbocycles. The van der Waals surface area contributed by atoms with Gasteiger partial charge in [-0.3, -0.25) is 4.79 Å². The lowest BCUT2D eigenvalue weighted by Gasteiger charge is -2.12. The molecule has 0 aliphatic heterocycles. The van der Waals surface area contributed by atoms with E-state index in [1.807, 2.05) is 0 Å². The number of benzene rings is 1. The van der Waals surface area contributed by atoms with Crippen LogP contribution in [-0.2, 0) is 11.0 Å². The van der Waals surface area contributed by atoms with Gasteiger partial charge in [0.1, 0.15) is 0 Å². The predicted octanol–water partition coefficient (Wildman–Crippen LogP) is 3.16. The third-order valence-electron chi connectivity index (χ3n) is 2.68. The molecular weight excluding hydrogens is 325 g/mol. The van der Waals surface area contributed by atoms with Crippen LogP contribution in [-0.4, -0.2) is 18.5 Å². The summed E-state index contributed by atoms with van der Waals surface area (Å²) in [6, 6.07) is 3.51. The molecule has 1 aromatic carbocycles. The Kier molecular flexibility index (Phi) is 4.03. The Labute approximate surface area is 116 Å². The molecule has 0 heterocycles. The lowest BCUT2D eigenvalue weighted by molar-refractivity contribution is -0.137. The number of anilines is 1. The van der Waals surface area contributed by atoms with Gasteiger partial charge in [0.05, 0.1) is 12.1 Å². The molecule has 2 rings (SSSR count). The molecule has 0 aromatic heterocycles. The monoisotopic (exact) mass is 336 g/mol. The molecule has 1 aliphatic rings. The molecule has 2 N–H and O–H groups in total. The molecule has 1 aromatic rings. The highest BCUT2D eigenvalue weighted by atomic mass is 79.9. The zero-order chi connectivity index (χ0) is 14.0. The van der Waals surface area contributed by atoms with E-state index in [0.29, 0.717) is 4.47 Å². The van der Waals surface area contributed by atoms with E-state index in [-0.39, 0.29) is 24.2 Å². The smallest absolute Gasteiger partial charge is 0.375 e. The van der Waals surface area contributed by atoms with Crippen molar-refractivity contribution in [1.29, 1.82) is 0 Å². The lowest BCUT2D eigenvalue weighted by Crippen LogP contribution is -2.31. The van der Waals surface area contributed by atoms with Crippen LogP contribution in [0.1, 0.15) is 18.4 Å². The van der Waals surface area contributed by atoms with Gasteiger partial charge in [-0.1, -0.05) is 0 Å². The number of rotatable bonds is 4. The van der Waals surface area contributed by atoms with Crippen molar-refractivity contribution in [2.45, 2.75) is 25.1 Å². The number of halogens is 4. The van der Waals surface area contributed by atoms with E-state index >= 15 is 0 Å². The molecule has 0 atom stereocenters. The largest absolute Gasteiger partial charge is 0.416 e. The maximum atomic E-state index is 12.6. The summed E-state index contributed by atoms with van der Waals surface area (Å²) < 4.78 is 38.2. The van der Waals surface area contributed by atoms with E-state index in [1.165, 1.54) is 6.07 Å². The molecule has 104 valence electrons. The van der Waals surface area contributed by atoms with Crippen molar-refractivity contribution in [3.8, 4) is 0 Å². The van der Waals surface area contributed by atoms with E-state index in [0.717, 1.165) is 25.0 Å². The molecule has 0 spiro atoms. The van der Waals surface area contributed by atoms with Crippen molar-refractivity contribution >= 4 is 27.5 Å². The average Bonchev–Trinajstić information content (AvgIpc) is 3.10. The van der Waals surface area contributed by atoms with Gasteiger partial charge in [-0.25, -0.2) is 0 Å². The van der Waals surface area contributed by atoms with E-state index in [4.69, 9.17) is 0 Å². The summed E-state index contributed by atoms with van der Waals surface area (Å²) in [5.41, 5.74) is -0.499. The molecule has 7 heteroatoms. The Bertz CT molecular complexity index is 486. The van der Waals surface area contributed by atoms with Crippen LogP contribution >= 0.6 is 15.9 Å². The van der Waals surface area contributed by atoms with Gasteiger partial charge in [-0.2, -0.15) is 13.2 Å². The number of hydrogen-bond acceptors (Lipinski definition) is 2. The van der Waals surface area contributed by atoms with Crippen LogP contribution in [0.2, 0.25) is 0 Å². The second-order valence-electron chi connectivity index (χ2n) is 4.39. The molecule has 0 unspecified atom stereocenters. The SMILES string of the molecule is O=C(CNc1cc(C(F)(F)F)ccc1Br)NC1CC1. The van der Waals surface area contributed by atoms with Crippen molar-refractivity contribution in [3.63, 3.8) is 0 Å². The summed E-state index contributed by atoms with van der Waals surface area (Å²) in [7, 11) is 0. The lowest BCUT2D eigenvalue weighted by atomic mass is 10.2. The molecule has 0 bridgehead atoms. The van der Waals surface area contributed by atoms with Gasteiger partial charge in [0, 0.05) is 16.2 Å². The van der Waals surface area contributed by atoms with Crippen LogP contribution in [0.15, 0.2) is 22.7 Å². The Hall–Kier alpha value is -1.24. The predicted molar refractivity (Wildman–Crippen MR) is 68.8 cm³/mol. The highest BCUT2D eigenvalue weighted by molar-refractivity contribution is 9.10. The molecule has 1 amide bonds. The first-order chi connectivity index (χ1) is 8.86. The van der Waals surface area contributed by atoms with Gasteiger partial charge in [-0.15, -0.1) is 0 Å². The van der Waals surface area contributed by atoms with E-state index in [1.54, 1.807) is 0 Å². The van der Waals surface area contributed by atoms with Crippen LogP contribution in [0.25, 0.3) is 0 Å². The third-order valence-corrected chi connectivity index (χ3v) is 3.37. The van der Waals surface area contributed by atoms with Gasteiger partial charge in [-0.05, 0) is 47.0 Å². The summed E-state index contributed by atoms with van der Waals surface area (Å²) >= 11 is 3.15. The highest BCUT2D eigenvalue weighted by Gasteiger charge is 2.31. The van der Waals surface area contributed by atoms with Crippen LogP contribution in [0, 0.1) is 0 Å². The number of carbonyl (C=O) groups is 1. The fraction of sp³-hybridized carbons (Fsp3) is 0.417. The van der Waals surface area contributed by atoms with Gasteiger partial charge in [0.2, 0.25) is 5.91 Å². The minimum Gasteiger partial charge on any atom is -0.375 e.